The first kappa shape index (κ1) is 21.4. The van der Waals surface area contributed by atoms with Crippen LogP contribution in [-0.2, 0) is 9.53 Å². The highest BCUT2D eigenvalue weighted by atomic mass is 32.2. The van der Waals surface area contributed by atoms with Crippen LogP contribution >= 0.6 is 24.0 Å². The first-order valence-electron chi connectivity index (χ1n) is 10.0. The largest absolute Gasteiger partial charge is 0.469 e. The van der Waals surface area contributed by atoms with E-state index in [0.29, 0.717) is 24.5 Å². The summed E-state index contributed by atoms with van der Waals surface area (Å²) < 4.78 is 11.0. The smallest absolute Gasteiger partial charge is 0.305 e. The van der Waals surface area contributed by atoms with E-state index in [4.69, 9.17) is 21.4 Å². The average molecular weight is 454 g/mol. The Morgan fingerprint density at radius 3 is 2.74 bits per heavy atom. The molecule has 0 amide bonds. The maximum atomic E-state index is 11.6. The van der Waals surface area contributed by atoms with Gasteiger partial charge >= 0.3 is 5.97 Å². The summed E-state index contributed by atoms with van der Waals surface area (Å²) in [5, 5.41) is 4.83. The topological polar surface area (TPSA) is 67.6 Å². The van der Waals surface area contributed by atoms with Crippen molar-refractivity contribution < 1.29 is 13.9 Å². The van der Waals surface area contributed by atoms with Crippen molar-refractivity contribution in [3.63, 3.8) is 0 Å². The van der Waals surface area contributed by atoms with E-state index in [9.17, 15) is 4.79 Å². The van der Waals surface area contributed by atoms with Gasteiger partial charge in [-0.25, -0.2) is 0 Å². The lowest BCUT2D eigenvalue weighted by atomic mass is 10.0. The number of carbonyl (C=O) groups excluding carboxylic acids is 1. The van der Waals surface area contributed by atoms with Gasteiger partial charge in [-0.1, -0.05) is 36.0 Å². The highest BCUT2D eigenvalue weighted by molar-refractivity contribution is 7.99. The summed E-state index contributed by atoms with van der Waals surface area (Å²) in [6.07, 6.45) is 2.74. The van der Waals surface area contributed by atoms with Crippen LogP contribution in [0.25, 0.3) is 0 Å². The molecule has 1 fully saturated rings. The number of hydrogen-bond acceptors (Lipinski definition) is 6. The summed E-state index contributed by atoms with van der Waals surface area (Å²) in [4.78, 5) is 19.3. The lowest BCUT2D eigenvalue weighted by Crippen LogP contribution is -2.30. The normalized spacial score (nSPS) is 18.1. The van der Waals surface area contributed by atoms with Crippen LogP contribution in [0.4, 0.5) is 0 Å². The number of aromatic nitrogens is 1. The van der Waals surface area contributed by atoms with Crippen LogP contribution in [-0.4, -0.2) is 34.6 Å². The number of methoxy groups -OCH3 is 1. The van der Waals surface area contributed by atoms with Crippen molar-refractivity contribution in [2.75, 3.05) is 13.7 Å². The molecular weight excluding hydrogens is 430 g/mol. The number of hydrogen-bond donors (Lipinski definition) is 1. The number of ether oxygens (including phenoxy) is 1. The fraction of sp³-hybridized carbons (Fsp3) is 0.261. The van der Waals surface area contributed by atoms with Gasteiger partial charge < -0.3 is 19.4 Å². The Balaban J connectivity index is 1.59. The monoisotopic (exact) mass is 453 g/mol. The standard InChI is InChI=1S/C23H23N3O3S2/c1-28-19(27)11-7-15-26-22(21(25-23(26)30)17-10-5-6-14-24-17)18-12-13-20(29-18)31-16-8-3-2-4-9-16/h2-6,8-10,12-14,21-22H,7,11,15H2,1H3,(H,25,30)/t21-,22+/m1/s1. The molecule has 2 atom stereocenters. The third-order valence-electron chi connectivity index (χ3n) is 5.06. The molecule has 0 aliphatic carbocycles. The van der Waals surface area contributed by atoms with Gasteiger partial charge in [-0.05, 0) is 55.0 Å². The van der Waals surface area contributed by atoms with Crippen LogP contribution in [0.5, 0.6) is 0 Å². The van der Waals surface area contributed by atoms with Gasteiger partial charge in [-0.2, -0.15) is 0 Å². The lowest BCUT2D eigenvalue weighted by molar-refractivity contribution is -0.140. The molecule has 31 heavy (non-hydrogen) atoms. The minimum atomic E-state index is -0.226. The molecule has 1 aliphatic rings. The van der Waals surface area contributed by atoms with E-state index >= 15 is 0 Å². The van der Waals surface area contributed by atoms with Gasteiger partial charge in [0.05, 0.1) is 18.8 Å². The van der Waals surface area contributed by atoms with Gasteiger partial charge in [-0.15, -0.1) is 0 Å². The maximum Gasteiger partial charge on any atom is 0.305 e. The van der Waals surface area contributed by atoms with Crippen molar-refractivity contribution in [3.8, 4) is 0 Å². The zero-order chi connectivity index (χ0) is 21.6. The third-order valence-corrected chi connectivity index (χ3v) is 6.34. The second-order valence-electron chi connectivity index (χ2n) is 7.07. The molecule has 3 aromatic rings. The van der Waals surface area contributed by atoms with E-state index in [1.807, 2.05) is 48.5 Å². The molecule has 3 heterocycles. The molecule has 1 N–H and O–H groups in total. The molecule has 6 nitrogen and oxygen atoms in total. The predicted octanol–water partition coefficient (Wildman–Crippen LogP) is 4.75. The number of rotatable bonds is 8. The van der Waals surface area contributed by atoms with E-state index in [2.05, 4.69) is 27.3 Å². The number of thiocarbonyl (C=S) groups is 1. The summed E-state index contributed by atoms with van der Waals surface area (Å²) >= 11 is 7.21. The van der Waals surface area contributed by atoms with Crippen molar-refractivity contribution in [1.29, 1.82) is 0 Å². The van der Waals surface area contributed by atoms with Gasteiger partial charge in [0.1, 0.15) is 11.8 Å². The van der Waals surface area contributed by atoms with Gasteiger partial charge in [0.25, 0.3) is 0 Å². The van der Waals surface area contributed by atoms with Crippen molar-refractivity contribution in [2.45, 2.75) is 34.9 Å². The van der Waals surface area contributed by atoms with Crippen molar-refractivity contribution >= 4 is 35.1 Å². The number of benzene rings is 1. The van der Waals surface area contributed by atoms with E-state index in [-0.39, 0.29) is 18.1 Å². The molecule has 8 heteroatoms. The van der Waals surface area contributed by atoms with Crippen LogP contribution < -0.4 is 5.32 Å². The van der Waals surface area contributed by atoms with Gasteiger partial charge in [-0.3, -0.25) is 9.78 Å². The molecule has 1 saturated heterocycles. The number of esters is 1. The minimum absolute atomic E-state index is 0.146. The molecule has 0 unspecified atom stereocenters. The molecule has 2 aromatic heterocycles. The van der Waals surface area contributed by atoms with E-state index in [1.165, 1.54) is 7.11 Å². The Kier molecular flexibility index (Phi) is 6.89. The van der Waals surface area contributed by atoms with Crippen LogP contribution in [0.1, 0.15) is 36.4 Å². The van der Waals surface area contributed by atoms with Crippen LogP contribution in [0, 0.1) is 0 Å². The number of nitrogens with zero attached hydrogens (tertiary/aromatic N) is 2. The van der Waals surface area contributed by atoms with Crippen LogP contribution in [0.2, 0.25) is 0 Å². The molecule has 1 aliphatic heterocycles. The summed E-state index contributed by atoms with van der Waals surface area (Å²) in [7, 11) is 1.40. The quantitative estimate of drug-likeness (QED) is 0.387. The summed E-state index contributed by atoms with van der Waals surface area (Å²) in [6, 6.07) is 19.6. The molecular formula is C23H23N3O3S2. The second kappa shape index (κ2) is 9.98. The highest BCUT2D eigenvalue weighted by Gasteiger charge is 2.41. The Bertz CT molecular complexity index is 1030. The van der Waals surface area contributed by atoms with Crippen molar-refractivity contribution in [2.24, 2.45) is 0 Å². The first-order valence-corrected chi connectivity index (χ1v) is 11.3. The Morgan fingerprint density at radius 1 is 1.19 bits per heavy atom. The predicted molar refractivity (Wildman–Crippen MR) is 123 cm³/mol. The third kappa shape index (κ3) is 5.08. The van der Waals surface area contributed by atoms with Gasteiger partial charge in [0.15, 0.2) is 10.2 Å². The van der Waals surface area contributed by atoms with Crippen molar-refractivity contribution in [1.82, 2.24) is 15.2 Å². The highest BCUT2D eigenvalue weighted by Crippen LogP contribution is 2.41. The SMILES string of the molecule is COC(=O)CCCN1C(=S)N[C@H](c2ccccn2)[C@@H]1c1ccc(Sc2ccccc2)o1. The fourth-order valence-electron chi connectivity index (χ4n) is 3.60. The fourth-order valence-corrected chi connectivity index (χ4v) is 4.74. The first-order chi connectivity index (χ1) is 15.2. The van der Waals surface area contributed by atoms with E-state index in [0.717, 1.165) is 21.4 Å². The molecule has 1 aromatic carbocycles. The molecule has 0 spiro atoms. The van der Waals surface area contributed by atoms with E-state index in [1.54, 1.807) is 18.0 Å². The molecule has 4 rings (SSSR count). The van der Waals surface area contributed by atoms with Crippen molar-refractivity contribution in [3.05, 3.63) is 78.3 Å². The van der Waals surface area contributed by atoms with Gasteiger partial charge in [0.2, 0.25) is 0 Å². The number of carbonyl (C=O) groups is 1. The number of pyridine rings is 1. The lowest BCUT2D eigenvalue weighted by Gasteiger charge is -2.25. The van der Waals surface area contributed by atoms with Crippen LogP contribution in [0.3, 0.4) is 0 Å². The molecule has 160 valence electrons. The minimum Gasteiger partial charge on any atom is -0.469 e. The summed E-state index contributed by atoms with van der Waals surface area (Å²) in [5.74, 6) is 0.579. The second-order valence-corrected chi connectivity index (χ2v) is 8.54. The Hall–Kier alpha value is -2.84. The maximum absolute atomic E-state index is 11.6. The zero-order valence-corrected chi connectivity index (χ0v) is 18.7. The summed E-state index contributed by atoms with van der Waals surface area (Å²) in [6.45, 7) is 0.608. The Morgan fingerprint density at radius 2 is 2.00 bits per heavy atom. The number of nitrogens with one attached hydrogen (secondary N) is 1. The van der Waals surface area contributed by atoms with E-state index < -0.39 is 0 Å². The molecule has 0 saturated carbocycles. The summed E-state index contributed by atoms with van der Waals surface area (Å²) in [5.41, 5.74) is 0.888. The molecule has 0 bridgehead atoms. The average Bonchev–Trinajstić information content (AvgIpc) is 3.39. The number of furan rings is 1. The van der Waals surface area contributed by atoms with Gasteiger partial charge in [0, 0.05) is 24.1 Å². The molecule has 0 radical (unpaired) electrons. The van der Waals surface area contributed by atoms with Crippen LogP contribution in [0.15, 0.2) is 81.3 Å². The zero-order valence-electron chi connectivity index (χ0n) is 17.1. The Labute approximate surface area is 191 Å².